The first-order chi connectivity index (χ1) is 11.4. The number of rotatable bonds is 13. The van der Waals surface area contributed by atoms with Gasteiger partial charge in [-0.25, -0.2) is 0 Å². The molecule has 0 aliphatic carbocycles. The van der Waals surface area contributed by atoms with E-state index in [0.717, 1.165) is 0 Å². The van der Waals surface area contributed by atoms with Crippen LogP contribution in [0, 0.1) is 0 Å². The van der Waals surface area contributed by atoms with Crippen molar-refractivity contribution in [3.63, 3.8) is 0 Å². The molecule has 0 saturated carbocycles. The molecule has 0 aromatic heterocycles. The molecule has 0 N–H and O–H groups in total. The van der Waals surface area contributed by atoms with Crippen LogP contribution in [0.1, 0.15) is 45.4 Å². The Morgan fingerprint density at radius 1 is 0.522 bits per heavy atom. The van der Waals surface area contributed by atoms with Gasteiger partial charge in [0.25, 0.3) is 0 Å². The Kier molecular flexibility index (Phi) is 18.1. The molecule has 0 radical (unpaired) electrons. The maximum Gasteiger partial charge on any atom is -0.0348 e. The summed E-state index contributed by atoms with van der Waals surface area (Å²) in [5, 5.41) is 0. The van der Waals surface area contributed by atoms with Crippen molar-refractivity contribution >= 4 is 0 Å². The van der Waals surface area contributed by atoms with Crippen molar-refractivity contribution in [2.24, 2.45) is 0 Å². The van der Waals surface area contributed by atoms with Crippen LogP contribution in [0.4, 0.5) is 0 Å². The molecule has 0 bridgehead atoms. The summed E-state index contributed by atoms with van der Waals surface area (Å²) in [5.41, 5.74) is 0. The molecule has 124 valence electrons. The van der Waals surface area contributed by atoms with Crippen LogP contribution in [-0.4, -0.2) is 0 Å². The van der Waals surface area contributed by atoms with Gasteiger partial charge in [0.1, 0.15) is 0 Å². The first kappa shape index (κ1) is 20.9. The van der Waals surface area contributed by atoms with Crippen molar-refractivity contribution in [1.82, 2.24) is 0 Å². The zero-order valence-corrected chi connectivity index (χ0v) is 14.6. The Bertz CT molecular complexity index is 450. The van der Waals surface area contributed by atoms with Crippen molar-refractivity contribution < 1.29 is 0 Å². The van der Waals surface area contributed by atoms with E-state index in [-0.39, 0.29) is 0 Å². The maximum absolute atomic E-state index is 3.61. The summed E-state index contributed by atoms with van der Waals surface area (Å²) < 4.78 is 0. The van der Waals surface area contributed by atoms with E-state index < -0.39 is 0 Å². The lowest BCUT2D eigenvalue weighted by Crippen LogP contribution is -1.75. The Morgan fingerprint density at radius 2 is 0.957 bits per heavy atom. The highest BCUT2D eigenvalue weighted by Gasteiger charge is 1.85. The van der Waals surface area contributed by atoms with Crippen LogP contribution in [0.2, 0.25) is 0 Å². The second-order valence-electron chi connectivity index (χ2n) is 5.18. The van der Waals surface area contributed by atoms with Crippen LogP contribution in [-0.2, 0) is 0 Å². The molecule has 0 amide bonds. The summed E-state index contributed by atoms with van der Waals surface area (Å²) in [6.45, 7) is 5.86. The largest absolute Gasteiger partial charge is 0.0991 e. The van der Waals surface area contributed by atoms with Gasteiger partial charge in [0.2, 0.25) is 0 Å². The minimum Gasteiger partial charge on any atom is -0.0991 e. The van der Waals surface area contributed by atoms with Crippen molar-refractivity contribution in [1.29, 1.82) is 0 Å². The number of allylic oxidation sites excluding steroid dienone is 15. The highest BCUT2D eigenvalue weighted by molar-refractivity contribution is 5.21. The standard InChI is InChI=1S/C23H32/c1-3-5-7-9-11-13-15-17-19-21-23-22-20-18-16-14-12-10-8-6-4-2/h3,5,7,9,11,13,15-23H,1,4,6,8,10,12,14H2,2H3/b7-5+,11-9+,15-13+,18-16+,19-17+,22-20+,23-21+. The molecule has 0 saturated heterocycles. The highest BCUT2D eigenvalue weighted by atomic mass is 13.9. The monoisotopic (exact) mass is 308 g/mol. The van der Waals surface area contributed by atoms with E-state index in [4.69, 9.17) is 0 Å². The zero-order chi connectivity index (χ0) is 16.8. The van der Waals surface area contributed by atoms with Gasteiger partial charge in [-0.15, -0.1) is 0 Å². The van der Waals surface area contributed by atoms with Gasteiger partial charge in [0.05, 0.1) is 0 Å². The predicted octanol–water partition coefficient (Wildman–Crippen LogP) is 7.43. The highest BCUT2D eigenvalue weighted by Crippen LogP contribution is 2.05. The van der Waals surface area contributed by atoms with Crippen LogP contribution in [0.3, 0.4) is 0 Å². The van der Waals surface area contributed by atoms with Gasteiger partial charge in [-0.2, -0.15) is 0 Å². The van der Waals surface area contributed by atoms with Gasteiger partial charge < -0.3 is 0 Å². The van der Waals surface area contributed by atoms with Crippen molar-refractivity contribution in [3.8, 4) is 0 Å². The van der Waals surface area contributed by atoms with Crippen molar-refractivity contribution in [3.05, 3.63) is 97.7 Å². The first-order valence-corrected chi connectivity index (χ1v) is 8.69. The average molecular weight is 309 g/mol. The molecular weight excluding hydrogens is 276 g/mol. The zero-order valence-electron chi connectivity index (χ0n) is 14.6. The minimum atomic E-state index is 1.19. The van der Waals surface area contributed by atoms with Crippen LogP contribution in [0.5, 0.6) is 0 Å². The third-order valence-corrected chi connectivity index (χ3v) is 3.08. The van der Waals surface area contributed by atoms with E-state index in [1.165, 1.54) is 38.5 Å². The maximum atomic E-state index is 3.61. The summed E-state index contributed by atoms with van der Waals surface area (Å²) in [5.74, 6) is 0. The van der Waals surface area contributed by atoms with Crippen LogP contribution >= 0.6 is 0 Å². The molecule has 0 nitrogen and oxygen atoms in total. The number of unbranched alkanes of at least 4 members (excludes halogenated alkanes) is 5. The molecule has 0 fully saturated rings. The second kappa shape index (κ2) is 19.9. The molecule has 0 heterocycles. The molecule has 0 aromatic carbocycles. The molecule has 23 heavy (non-hydrogen) atoms. The fraction of sp³-hybridized carbons (Fsp3) is 0.304. The van der Waals surface area contributed by atoms with E-state index in [9.17, 15) is 0 Å². The summed E-state index contributed by atoms with van der Waals surface area (Å²) in [6.07, 6.45) is 38.1. The normalized spacial score (nSPS) is 13.4. The van der Waals surface area contributed by atoms with E-state index >= 15 is 0 Å². The van der Waals surface area contributed by atoms with Gasteiger partial charge in [-0.1, -0.05) is 130 Å². The molecule has 0 aliphatic heterocycles. The van der Waals surface area contributed by atoms with Crippen LogP contribution in [0.25, 0.3) is 0 Å². The average Bonchev–Trinajstić information content (AvgIpc) is 2.57. The quantitative estimate of drug-likeness (QED) is 0.245. The van der Waals surface area contributed by atoms with Crippen molar-refractivity contribution in [2.45, 2.75) is 45.4 Å². The van der Waals surface area contributed by atoms with Gasteiger partial charge in [0.15, 0.2) is 0 Å². The summed E-state index contributed by atoms with van der Waals surface area (Å²) in [7, 11) is 0. The Morgan fingerprint density at radius 3 is 1.43 bits per heavy atom. The van der Waals surface area contributed by atoms with Crippen LogP contribution in [0.15, 0.2) is 97.7 Å². The van der Waals surface area contributed by atoms with E-state index in [2.05, 4.69) is 37.8 Å². The van der Waals surface area contributed by atoms with Gasteiger partial charge >= 0.3 is 0 Å². The fourth-order valence-corrected chi connectivity index (χ4v) is 1.82. The molecule has 0 unspecified atom stereocenters. The molecule has 0 aliphatic rings. The minimum absolute atomic E-state index is 1.19. The Labute approximate surface area is 143 Å². The van der Waals surface area contributed by atoms with Crippen molar-refractivity contribution in [2.75, 3.05) is 0 Å². The third kappa shape index (κ3) is 19.9. The Balaban J connectivity index is 3.66. The first-order valence-electron chi connectivity index (χ1n) is 8.69. The fourth-order valence-electron chi connectivity index (χ4n) is 1.82. The van der Waals surface area contributed by atoms with Gasteiger partial charge in [-0.3, -0.25) is 0 Å². The molecule has 0 rings (SSSR count). The topological polar surface area (TPSA) is 0 Å². The molecular formula is C23H32. The van der Waals surface area contributed by atoms with Gasteiger partial charge in [0, 0.05) is 0 Å². The SMILES string of the molecule is C=C/C=C/C=C/C=C/C=C/C=C/C=C/C=C/CCCCCCC. The van der Waals surface area contributed by atoms with E-state index in [0.29, 0.717) is 0 Å². The lowest BCUT2D eigenvalue weighted by Gasteiger charge is -1.95. The summed E-state index contributed by atoms with van der Waals surface area (Å²) >= 11 is 0. The Hall–Kier alpha value is -2.08. The smallest absolute Gasteiger partial charge is 0.0348 e. The summed E-state index contributed by atoms with van der Waals surface area (Å²) in [4.78, 5) is 0. The lowest BCUT2D eigenvalue weighted by molar-refractivity contribution is 0.637. The van der Waals surface area contributed by atoms with E-state index in [1.807, 2.05) is 60.8 Å². The molecule has 0 atom stereocenters. The predicted molar refractivity (Wildman–Crippen MR) is 108 cm³/mol. The number of hydrogen-bond donors (Lipinski definition) is 0. The van der Waals surface area contributed by atoms with Crippen LogP contribution < -0.4 is 0 Å². The summed E-state index contributed by atoms with van der Waals surface area (Å²) in [6, 6.07) is 0. The van der Waals surface area contributed by atoms with E-state index in [1.54, 1.807) is 6.08 Å². The lowest BCUT2D eigenvalue weighted by atomic mass is 10.1. The molecule has 0 aromatic rings. The molecule has 0 heteroatoms. The third-order valence-electron chi connectivity index (χ3n) is 3.08. The number of hydrogen-bond acceptors (Lipinski definition) is 0. The molecule has 0 spiro atoms. The second-order valence-corrected chi connectivity index (χ2v) is 5.18. The van der Waals surface area contributed by atoms with Gasteiger partial charge in [-0.05, 0) is 12.8 Å².